The van der Waals surface area contributed by atoms with Crippen molar-refractivity contribution in [3.05, 3.63) is 16.1 Å². The van der Waals surface area contributed by atoms with Gasteiger partial charge in [0.15, 0.2) is 0 Å². The fourth-order valence-electron chi connectivity index (χ4n) is 0.985. The molecule has 0 aliphatic carbocycles. The van der Waals surface area contributed by atoms with Crippen LogP contribution in [-0.4, -0.2) is 29.8 Å². The van der Waals surface area contributed by atoms with Crippen LogP contribution >= 0.6 is 23.2 Å². The third-order valence-corrected chi connectivity index (χ3v) is 2.13. The van der Waals surface area contributed by atoms with Crippen LogP contribution in [-0.2, 0) is 0 Å². The van der Waals surface area contributed by atoms with Gasteiger partial charge in [-0.05, 0) is 13.0 Å². The molecule has 84 valence electrons. The van der Waals surface area contributed by atoms with E-state index in [4.69, 9.17) is 33.0 Å². The molecule has 0 fully saturated rings. The van der Waals surface area contributed by atoms with Crippen molar-refractivity contribution in [3.63, 3.8) is 0 Å². The highest BCUT2D eigenvalue weighted by atomic mass is 35.5. The summed E-state index contributed by atoms with van der Waals surface area (Å²) in [4.78, 5) is 4.09. The Balaban J connectivity index is 2.90. The van der Waals surface area contributed by atoms with E-state index in [0.717, 1.165) is 0 Å². The second-order valence-electron chi connectivity index (χ2n) is 2.71. The number of halogens is 2. The molecule has 0 aliphatic heterocycles. The van der Waals surface area contributed by atoms with Gasteiger partial charge in [-0.1, -0.05) is 23.2 Å². The Morgan fingerprint density at radius 2 is 2.20 bits per heavy atom. The van der Waals surface area contributed by atoms with Crippen LogP contribution in [0.15, 0.2) is 6.07 Å². The Kier molecular flexibility index (Phi) is 4.94. The van der Waals surface area contributed by atoms with Crippen LogP contribution in [0.1, 0.15) is 6.92 Å². The van der Waals surface area contributed by atoms with Crippen molar-refractivity contribution in [2.45, 2.75) is 6.92 Å². The first kappa shape index (κ1) is 12.4. The summed E-state index contributed by atoms with van der Waals surface area (Å²) < 4.78 is 5.14. The summed E-state index contributed by atoms with van der Waals surface area (Å²) in [6.07, 6.45) is 0. The number of hydrogen-bond donors (Lipinski definition) is 2. The van der Waals surface area contributed by atoms with Gasteiger partial charge in [0.2, 0.25) is 5.88 Å². The van der Waals surface area contributed by atoms with E-state index in [0.29, 0.717) is 22.4 Å². The number of hydrogen-bond acceptors (Lipinski definition) is 4. The van der Waals surface area contributed by atoms with Gasteiger partial charge in [-0.15, -0.1) is 0 Å². The van der Waals surface area contributed by atoms with Crippen molar-refractivity contribution < 1.29 is 9.84 Å². The lowest BCUT2D eigenvalue weighted by Gasteiger charge is -2.10. The summed E-state index contributed by atoms with van der Waals surface area (Å²) >= 11 is 11.8. The number of nitrogens with zero attached hydrogens (tertiary/aromatic N) is 1. The van der Waals surface area contributed by atoms with Gasteiger partial charge in [0.05, 0.1) is 11.6 Å². The number of nitrogens with one attached hydrogen (secondary N) is 1. The molecule has 0 radical (unpaired) electrons. The van der Waals surface area contributed by atoms with Crippen molar-refractivity contribution in [1.82, 2.24) is 4.98 Å². The minimum absolute atomic E-state index is 0.0861. The maximum absolute atomic E-state index is 8.61. The monoisotopic (exact) mass is 250 g/mol. The van der Waals surface area contributed by atoms with Gasteiger partial charge in [0.1, 0.15) is 17.4 Å². The Morgan fingerprint density at radius 3 is 2.80 bits per heavy atom. The van der Waals surface area contributed by atoms with E-state index in [-0.39, 0.29) is 19.1 Å². The smallest absolute Gasteiger partial charge is 0.234 e. The molecule has 0 bridgehead atoms. The van der Waals surface area contributed by atoms with E-state index in [1.54, 1.807) is 6.07 Å². The van der Waals surface area contributed by atoms with Crippen molar-refractivity contribution in [3.8, 4) is 5.88 Å². The minimum atomic E-state index is -0.0861. The molecule has 1 aromatic heterocycles. The SMILES string of the molecule is CCNc1nc(OCCO)c(Cl)cc1Cl. The molecule has 0 atom stereocenters. The molecule has 0 saturated carbocycles. The van der Waals surface area contributed by atoms with Gasteiger partial charge in [-0.25, -0.2) is 0 Å². The molecule has 0 amide bonds. The molecule has 1 heterocycles. The summed E-state index contributed by atoms with van der Waals surface area (Å²) in [5, 5.41) is 12.4. The standard InChI is InChI=1S/C9H12Cl2N2O2/c1-2-12-8-6(10)5-7(11)9(13-8)15-4-3-14/h5,14H,2-4H2,1H3,(H,12,13). The summed E-state index contributed by atoms with van der Waals surface area (Å²) in [5.74, 6) is 0.794. The zero-order valence-electron chi connectivity index (χ0n) is 8.26. The summed E-state index contributed by atoms with van der Waals surface area (Å²) in [7, 11) is 0. The number of aliphatic hydroxyl groups is 1. The molecular weight excluding hydrogens is 239 g/mol. The average molecular weight is 251 g/mol. The molecule has 15 heavy (non-hydrogen) atoms. The molecule has 1 rings (SSSR count). The van der Waals surface area contributed by atoms with Gasteiger partial charge in [-0.2, -0.15) is 4.98 Å². The van der Waals surface area contributed by atoms with Crippen LogP contribution in [0.4, 0.5) is 5.82 Å². The van der Waals surface area contributed by atoms with Crippen LogP contribution < -0.4 is 10.1 Å². The van der Waals surface area contributed by atoms with E-state index in [1.807, 2.05) is 6.92 Å². The van der Waals surface area contributed by atoms with Gasteiger partial charge < -0.3 is 15.2 Å². The quantitative estimate of drug-likeness (QED) is 0.842. The molecule has 0 aromatic carbocycles. The fourth-order valence-corrected chi connectivity index (χ4v) is 1.46. The number of aliphatic hydroxyl groups excluding tert-OH is 1. The second-order valence-corrected chi connectivity index (χ2v) is 3.52. The molecular formula is C9H12Cl2N2O2. The van der Waals surface area contributed by atoms with E-state index in [9.17, 15) is 0 Å². The molecule has 6 heteroatoms. The molecule has 4 nitrogen and oxygen atoms in total. The molecule has 2 N–H and O–H groups in total. The van der Waals surface area contributed by atoms with E-state index >= 15 is 0 Å². The fraction of sp³-hybridized carbons (Fsp3) is 0.444. The van der Waals surface area contributed by atoms with E-state index < -0.39 is 0 Å². The van der Waals surface area contributed by atoms with Gasteiger partial charge in [-0.3, -0.25) is 0 Å². The van der Waals surface area contributed by atoms with Crippen molar-refractivity contribution in [2.75, 3.05) is 25.1 Å². The molecule has 1 aromatic rings. The minimum Gasteiger partial charge on any atom is -0.474 e. The first-order valence-corrected chi connectivity index (χ1v) is 5.28. The Bertz CT molecular complexity index is 334. The second kappa shape index (κ2) is 6.00. The number of pyridine rings is 1. The third-order valence-electron chi connectivity index (χ3n) is 1.57. The van der Waals surface area contributed by atoms with Gasteiger partial charge >= 0.3 is 0 Å². The van der Waals surface area contributed by atoms with Crippen LogP contribution in [0.25, 0.3) is 0 Å². The number of aromatic nitrogens is 1. The maximum atomic E-state index is 8.61. The molecule has 0 spiro atoms. The predicted octanol–water partition coefficient (Wildman–Crippen LogP) is 2.19. The van der Waals surface area contributed by atoms with Crippen molar-refractivity contribution >= 4 is 29.0 Å². The largest absolute Gasteiger partial charge is 0.474 e. The normalized spacial score (nSPS) is 10.1. The molecule has 0 aliphatic rings. The van der Waals surface area contributed by atoms with Crippen LogP contribution in [0.2, 0.25) is 10.0 Å². The van der Waals surface area contributed by atoms with E-state index in [2.05, 4.69) is 10.3 Å². The number of ether oxygens (including phenoxy) is 1. The number of rotatable bonds is 5. The zero-order valence-corrected chi connectivity index (χ0v) is 9.77. The zero-order chi connectivity index (χ0) is 11.3. The summed E-state index contributed by atoms with van der Waals surface area (Å²) in [5.41, 5.74) is 0. The Labute approximate surface area is 98.2 Å². The lowest BCUT2D eigenvalue weighted by molar-refractivity contribution is 0.197. The van der Waals surface area contributed by atoms with Crippen LogP contribution in [0.5, 0.6) is 5.88 Å². The Hall–Kier alpha value is -0.710. The third kappa shape index (κ3) is 3.41. The first-order chi connectivity index (χ1) is 7.19. The maximum Gasteiger partial charge on any atom is 0.234 e. The molecule has 0 saturated heterocycles. The van der Waals surface area contributed by atoms with Gasteiger partial charge in [0.25, 0.3) is 0 Å². The predicted molar refractivity (Wildman–Crippen MR) is 61.0 cm³/mol. The summed E-state index contributed by atoms with van der Waals surface area (Å²) in [6.45, 7) is 2.70. The van der Waals surface area contributed by atoms with Gasteiger partial charge in [0, 0.05) is 6.54 Å². The number of anilines is 1. The van der Waals surface area contributed by atoms with Crippen LogP contribution in [0, 0.1) is 0 Å². The Morgan fingerprint density at radius 1 is 1.47 bits per heavy atom. The highest BCUT2D eigenvalue weighted by Gasteiger charge is 2.09. The average Bonchev–Trinajstić information content (AvgIpc) is 2.20. The highest BCUT2D eigenvalue weighted by molar-refractivity contribution is 6.36. The lowest BCUT2D eigenvalue weighted by atomic mass is 10.4. The molecule has 0 unspecified atom stereocenters. The topological polar surface area (TPSA) is 54.4 Å². The summed E-state index contributed by atoms with van der Waals surface area (Å²) in [6, 6.07) is 1.56. The van der Waals surface area contributed by atoms with Crippen molar-refractivity contribution in [2.24, 2.45) is 0 Å². The van der Waals surface area contributed by atoms with E-state index in [1.165, 1.54) is 0 Å². The first-order valence-electron chi connectivity index (χ1n) is 4.52. The van der Waals surface area contributed by atoms with Crippen LogP contribution in [0.3, 0.4) is 0 Å². The van der Waals surface area contributed by atoms with Crippen molar-refractivity contribution in [1.29, 1.82) is 0 Å². The lowest BCUT2D eigenvalue weighted by Crippen LogP contribution is -2.06. The highest BCUT2D eigenvalue weighted by Crippen LogP contribution is 2.30.